The minimum absolute atomic E-state index is 0.0725. The van der Waals surface area contributed by atoms with E-state index in [1.807, 2.05) is 0 Å². The first-order valence-corrected chi connectivity index (χ1v) is 6.22. The van der Waals surface area contributed by atoms with Crippen molar-refractivity contribution in [2.24, 2.45) is 0 Å². The van der Waals surface area contributed by atoms with Crippen LogP contribution in [0.2, 0.25) is 0 Å². The van der Waals surface area contributed by atoms with Crippen LogP contribution in [0.3, 0.4) is 0 Å². The Morgan fingerprint density at radius 1 is 1.61 bits per heavy atom. The first kappa shape index (κ1) is 12.7. The molecule has 1 aromatic rings. The van der Waals surface area contributed by atoms with Gasteiger partial charge in [0.15, 0.2) is 0 Å². The minimum Gasteiger partial charge on any atom is -0.367 e. The lowest BCUT2D eigenvalue weighted by atomic mass is 10.2. The number of likely N-dealkylation sites (tertiary alicyclic amines) is 1. The second kappa shape index (κ2) is 5.76. The number of nitrogens with two attached hydrogens (primary N) is 1. The molecule has 1 amide bonds. The van der Waals surface area contributed by atoms with E-state index in [0.717, 1.165) is 32.5 Å². The highest BCUT2D eigenvalue weighted by Gasteiger charge is 2.23. The topological polar surface area (TPSA) is 102 Å². The van der Waals surface area contributed by atoms with Crippen LogP contribution in [0, 0.1) is 0 Å². The van der Waals surface area contributed by atoms with Gasteiger partial charge in [0, 0.05) is 19.1 Å². The summed E-state index contributed by atoms with van der Waals surface area (Å²) in [5.74, 6) is 0.0570. The quantitative estimate of drug-likeness (QED) is 0.687. The van der Waals surface area contributed by atoms with Crippen molar-refractivity contribution in [1.82, 2.24) is 30.4 Å². The van der Waals surface area contributed by atoms with E-state index in [9.17, 15) is 4.79 Å². The van der Waals surface area contributed by atoms with Gasteiger partial charge in [-0.15, -0.1) is 0 Å². The maximum atomic E-state index is 11.8. The van der Waals surface area contributed by atoms with E-state index in [-0.39, 0.29) is 24.4 Å². The first-order chi connectivity index (χ1) is 8.69. The molecule has 1 aromatic heterocycles. The van der Waals surface area contributed by atoms with Crippen molar-refractivity contribution in [1.29, 1.82) is 0 Å². The van der Waals surface area contributed by atoms with Crippen molar-refractivity contribution >= 4 is 11.9 Å². The molecule has 0 aromatic carbocycles. The van der Waals surface area contributed by atoms with Crippen molar-refractivity contribution in [2.75, 3.05) is 25.4 Å². The van der Waals surface area contributed by atoms with E-state index in [1.54, 1.807) is 0 Å². The molecule has 0 unspecified atom stereocenters. The fraction of sp³-hybridized carbons (Fsp3) is 0.800. The molecular formula is C10H19N7O. The molecule has 1 aliphatic rings. The van der Waals surface area contributed by atoms with Crippen molar-refractivity contribution in [3.05, 3.63) is 0 Å². The molecule has 0 saturated carbocycles. The van der Waals surface area contributed by atoms with Crippen LogP contribution in [0.5, 0.6) is 0 Å². The van der Waals surface area contributed by atoms with Crippen LogP contribution in [-0.4, -0.2) is 56.7 Å². The number of nitrogens with one attached hydrogen (secondary N) is 1. The second-order valence-electron chi connectivity index (χ2n) is 4.55. The van der Waals surface area contributed by atoms with Gasteiger partial charge in [0.1, 0.15) is 6.54 Å². The molecule has 8 heteroatoms. The van der Waals surface area contributed by atoms with Gasteiger partial charge in [-0.25, -0.2) is 4.68 Å². The Kier molecular flexibility index (Phi) is 4.08. The number of carbonyl (C=O) groups is 1. The summed E-state index contributed by atoms with van der Waals surface area (Å²) in [6.45, 7) is 5.29. The van der Waals surface area contributed by atoms with Crippen LogP contribution in [0.4, 0.5) is 5.95 Å². The van der Waals surface area contributed by atoms with E-state index in [1.165, 1.54) is 4.68 Å². The number of hydrogen-bond acceptors (Lipinski definition) is 6. The summed E-state index contributed by atoms with van der Waals surface area (Å²) < 4.78 is 1.29. The number of amides is 1. The average molecular weight is 253 g/mol. The van der Waals surface area contributed by atoms with Crippen molar-refractivity contribution in [3.8, 4) is 0 Å². The lowest BCUT2D eigenvalue weighted by molar-refractivity contribution is -0.122. The first-order valence-electron chi connectivity index (χ1n) is 6.22. The van der Waals surface area contributed by atoms with Crippen LogP contribution in [-0.2, 0) is 11.3 Å². The molecule has 18 heavy (non-hydrogen) atoms. The molecule has 100 valence electrons. The van der Waals surface area contributed by atoms with Crippen molar-refractivity contribution in [3.63, 3.8) is 0 Å². The zero-order valence-electron chi connectivity index (χ0n) is 10.5. The molecule has 1 aliphatic heterocycles. The van der Waals surface area contributed by atoms with Gasteiger partial charge in [0.05, 0.1) is 0 Å². The summed E-state index contributed by atoms with van der Waals surface area (Å²) in [6, 6.07) is 0.224. The van der Waals surface area contributed by atoms with Crippen molar-refractivity contribution < 1.29 is 4.79 Å². The molecule has 0 spiro atoms. The summed E-state index contributed by atoms with van der Waals surface area (Å²) in [6.07, 6.45) is 2.14. The van der Waals surface area contributed by atoms with Crippen LogP contribution in [0.15, 0.2) is 0 Å². The molecule has 1 atom stereocenters. The van der Waals surface area contributed by atoms with Gasteiger partial charge in [0.2, 0.25) is 11.9 Å². The monoisotopic (exact) mass is 253 g/mol. The van der Waals surface area contributed by atoms with E-state index in [0.29, 0.717) is 0 Å². The number of aromatic nitrogens is 4. The number of carbonyl (C=O) groups excluding carboxylic acids is 1. The molecular weight excluding hydrogens is 234 g/mol. The van der Waals surface area contributed by atoms with Crippen LogP contribution >= 0.6 is 0 Å². The number of hydrogen-bond donors (Lipinski definition) is 2. The Morgan fingerprint density at radius 3 is 3.11 bits per heavy atom. The highest BCUT2D eigenvalue weighted by atomic mass is 16.2. The van der Waals surface area contributed by atoms with Gasteiger partial charge in [0.25, 0.3) is 0 Å². The van der Waals surface area contributed by atoms with Gasteiger partial charge in [-0.1, -0.05) is 12.0 Å². The third-order valence-corrected chi connectivity index (χ3v) is 3.03. The Bertz CT molecular complexity index is 405. The fourth-order valence-electron chi connectivity index (χ4n) is 2.20. The summed E-state index contributed by atoms with van der Waals surface area (Å²) in [5, 5.41) is 13.5. The summed E-state index contributed by atoms with van der Waals surface area (Å²) >= 11 is 0. The Morgan fingerprint density at radius 2 is 2.44 bits per heavy atom. The lowest BCUT2D eigenvalue weighted by Gasteiger charge is -2.15. The highest BCUT2D eigenvalue weighted by molar-refractivity contribution is 5.76. The Labute approximate surface area is 106 Å². The van der Waals surface area contributed by atoms with Gasteiger partial charge in [-0.2, -0.15) is 0 Å². The Balaban J connectivity index is 1.77. The SMILES string of the molecule is CCCN1CC[C@@H](NC(=O)Cn2nnnc2N)C1. The summed E-state index contributed by atoms with van der Waals surface area (Å²) in [7, 11) is 0. The van der Waals surface area contributed by atoms with E-state index < -0.39 is 0 Å². The fourth-order valence-corrected chi connectivity index (χ4v) is 2.20. The van der Waals surface area contributed by atoms with Gasteiger partial charge in [-0.3, -0.25) is 4.79 Å². The number of nitrogen functional groups attached to an aromatic ring is 1. The number of tetrazole rings is 1. The summed E-state index contributed by atoms with van der Waals surface area (Å²) in [4.78, 5) is 14.1. The smallest absolute Gasteiger partial charge is 0.242 e. The zero-order chi connectivity index (χ0) is 13.0. The maximum Gasteiger partial charge on any atom is 0.242 e. The van der Waals surface area contributed by atoms with Crippen molar-refractivity contribution in [2.45, 2.75) is 32.4 Å². The third kappa shape index (κ3) is 3.16. The predicted octanol–water partition coefficient (Wildman–Crippen LogP) is -1.14. The molecule has 0 radical (unpaired) electrons. The van der Waals surface area contributed by atoms with Crippen LogP contribution in [0.1, 0.15) is 19.8 Å². The molecule has 1 saturated heterocycles. The van der Waals surface area contributed by atoms with Gasteiger partial charge < -0.3 is 16.0 Å². The lowest BCUT2D eigenvalue weighted by Crippen LogP contribution is -2.39. The molecule has 0 bridgehead atoms. The number of rotatable bonds is 5. The van der Waals surface area contributed by atoms with Gasteiger partial charge in [-0.05, 0) is 29.8 Å². The molecule has 3 N–H and O–H groups in total. The summed E-state index contributed by atoms with van der Waals surface area (Å²) in [5.41, 5.74) is 5.50. The largest absolute Gasteiger partial charge is 0.367 e. The number of nitrogens with zero attached hydrogens (tertiary/aromatic N) is 5. The molecule has 2 heterocycles. The second-order valence-corrected chi connectivity index (χ2v) is 4.55. The number of anilines is 1. The highest BCUT2D eigenvalue weighted by Crippen LogP contribution is 2.09. The molecule has 0 aliphatic carbocycles. The molecule has 1 fully saturated rings. The van der Waals surface area contributed by atoms with Gasteiger partial charge >= 0.3 is 0 Å². The average Bonchev–Trinajstić information content (AvgIpc) is 2.90. The predicted molar refractivity (Wildman–Crippen MR) is 65.5 cm³/mol. The van der Waals surface area contributed by atoms with E-state index >= 15 is 0 Å². The van der Waals surface area contributed by atoms with Crippen LogP contribution < -0.4 is 11.1 Å². The standard InChI is InChI=1S/C10H19N7O/c1-2-4-16-5-3-8(6-16)12-9(18)7-17-10(11)13-14-15-17/h8H,2-7H2,1H3,(H,12,18)(H2,11,13,15)/t8-/m1/s1. The maximum absolute atomic E-state index is 11.8. The minimum atomic E-state index is -0.0997. The normalized spacial score (nSPS) is 20.2. The molecule has 2 rings (SSSR count). The zero-order valence-corrected chi connectivity index (χ0v) is 10.5. The molecule has 8 nitrogen and oxygen atoms in total. The van der Waals surface area contributed by atoms with E-state index in [4.69, 9.17) is 5.73 Å². The van der Waals surface area contributed by atoms with E-state index in [2.05, 4.69) is 32.7 Å². The third-order valence-electron chi connectivity index (χ3n) is 3.03. The Hall–Kier alpha value is -1.70. The van der Waals surface area contributed by atoms with Crippen LogP contribution in [0.25, 0.3) is 0 Å².